The number of esters is 1. The van der Waals surface area contributed by atoms with Crippen LogP contribution in [-0.2, 0) is 19.1 Å². The first-order chi connectivity index (χ1) is 13.5. The molecule has 2 aliphatic carbocycles. The SMILES string of the molecule is C=C(C)C(=O)OCCC1(CCOC=O)CCC(C2CCC(CCC)CC2)CC1. The summed E-state index contributed by atoms with van der Waals surface area (Å²) in [5, 5.41) is 0. The van der Waals surface area contributed by atoms with Crippen LogP contribution < -0.4 is 0 Å². The summed E-state index contributed by atoms with van der Waals surface area (Å²) >= 11 is 0. The number of hydrogen-bond acceptors (Lipinski definition) is 4. The molecule has 28 heavy (non-hydrogen) atoms. The Kier molecular flexibility index (Phi) is 9.53. The summed E-state index contributed by atoms with van der Waals surface area (Å²) in [5.74, 6) is 2.41. The maximum Gasteiger partial charge on any atom is 0.333 e. The second kappa shape index (κ2) is 11.6. The minimum absolute atomic E-state index is 0.133. The third-order valence-corrected chi connectivity index (χ3v) is 7.38. The molecule has 0 atom stereocenters. The smallest absolute Gasteiger partial charge is 0.333 e. The maximum absolute atomic E-state index is 11.7. The molecule has 2 aliphatic rings. The molecule has 0 aromatic heterocycles. The number of carbonyl (C=O) groups is 2. The van der Waals surface area contributed by atoms with Crippen molar-refractivity contribution < 1.29 is 19.1 Å². The minimum Gasteiger partial charge on any atom is -0.468 e. The van der Waals surface area contributed by atoms with Crippen molar-refractivity contribution in [3.05, 3.63) is 12.2 Å². The van der Waals surface area contributed by atoms with Crippen LogP contribution in [0.25, 0.3) is 0 Å². The minimum atomic E-state index is -0.309. The summed E-state index contributed by atoms with van der Waals surface area (Å²) in [6.07, 6.45) is 14.9. The van der Waals surface area contributed by atoms with E-state index in [4.69, 9.17) is 9.47 Å². The van der Waals surface area contributed by atoms with Crippen molar-refractivity contribution in [2.45, 2.75) is 90.9 Å². The molecule has 0 aromatic carbocycles. The zero-order chi connectivity index (χ0) is 20.4. The largest absolute Gasteiger partial charge is 0.468 e. The lowest BCUT2D eigenvalue weighted by molar-refractivity contribution is -0.140. The first kappa shape index (κ1) is 23.0. The van der Waals surface area contributed by atoms with Gasteiger partial charge in [0.25, 0.3) is 6.47 Å². The van der Waals surface area contributed by atoms with Gasteiger partial charge in [-0.2, -0.15) is 0 Å². The van der Waals surface area contributed by atoms with Gasteiger partial charge in [0.1, 0.15) is 0 Å². The third kappa shape index (κ3) is 6.93. The van der Waals surface area contributed by atoms with E-state index in [1.165, 1.54) is 51.4 Å². The Bertz CT molecular complexity index is 497. The van der Waals surface area contributed by atoms with Gasteiger partial charge in [-0.05, 0) is 81.5 Å². The van der Waals surface area contributed by atoms with Crippen LogP contribution in [0.2, 0.25) is 0 Å². The van der Waals surface area contributed by atoms with Crippen LogP contribution in [0.3, 0.4) is 0 Å². The molecule has 0 aliphatic heterocycles. The van der Waals surface area contributed by atoms with Gasteiger partial charge >= 0.3 is 5.97 Å². The topological polar surface area (TPSA) is 52.6 Å². The lowest BCUT2D eigenvalue weighted by atomic mass is 9.62. The summed E-state index contributed by atoms with van der Waals surface area (Å²) < 4.78 is 10.4. The fourth-order valence-corrected chi connectivity index (χ4v) is 5.51. The molecule has 2 saturated carbocycles. The molecule has 0 bridgehead atoms. The second-order valence-corrected chi connectivity index (χ2v) is 9.29. The fourth-order valence-electron chi connectivity index (χ4n) is 5.51. The normalized spacial score (nSPS) is 30.4. The van der Waals surface area contributed by atoms with Crippen molar-refractivity contribution in [1.82, 2.24) is 0 Å². The monoisotopic (exact) mass is 392 g/mol. The summed E-state index contributed by atoms with van der Waals surface area (Å²) in [5.41, 5.74) is 0.578. The quantitative estimate of drug-likeness (QED) is 0.192. The second-order valence-electron chi connectivity index (χ2n) is 9.29. The van der Waals surface area contributed by atoms with Crippen molar-refractivity contribution >= 4 is 12.4 Å². The molecule has 0 aromatic rings. The molecule has 0 spiro atoms. The Balaban J connectivity index is 1.83. The maximum atomic E-state index is 11.7. The van der Waals surface area contributed by atoms with Crippen LogP contribution in [0, 0.1) is 23.2 Å². The highest BCUT2D eigenvalue weighted by molar-refractivity contribution is 5.86. The Morgan fingerprint density at radius 3 is 2.21 bits per heavy atom. The van der Waals surface area contributed by atoms with Crippen LogP contribution >= 0.6 is 0 Å². The van der Waals surface area contributed by atoms with Gasteiger partial charge in [-0.25, -0.2) is 4.79 Å². The van der Waals surface area contributed by atoms with Crippen molar-refractivity contribution in [3.8, 4) is 0 Å². The lowest BCUT2D eigenvalue weighted by Gasteiger charge is -2.44. The predicted molar refractivity (Wildman–Crippen MR) is 112 cm³/mol. The Labute approximate surface area is 171 Å². The molecule has 4 nitrogen and oxygen atoms in total. The first-order valence-corrected chi connectivity index (χ1v) is 11.4. The van der Waals surface area contributed by atoms with Gasteiger partial charge in [0.2, 0.25) is 0 Å². The Morgan fingerprint density at radius 2 is 1.64 bits per heavy atom. The van der Waals surface area contributed by atoms with E-state index in [0.29, 0.717) is 25.3 Å². The molecule has 4 heteroatoms. The average molecular weight is 393 g/mol. The fraction of sp³-hybridized carbons (Fsp3) is 0.833. The molecular formula is C24H40O4. The summed E-state index contributed by atoms with van der Waals surface area (Å²) in [6.45, 7) is 9.05. The van der Waals surface area contributed by atoms with Crippen molar-refractivity contribution in [3.63, 3.8) is 0 Å². The van der Waals surface area contributed by atoms with E-state index < -0.39 is 0 Å². The molecule has 0 saturated heterocycles. The Hall–Kier alpha value is -1.32. The van der Waals surface area contributed by atoms with Crippen LogP contribution in [0.1, 0.15) is 90.9 Å². The zero-order valence-electron chi connectivity index (χ0n) is 18.0. The van der Waals surface area contributed by atoms with Gasteiger partial charge in [-0.3, -0.25) is 4.79 Å². The van der Waals surface area contributed by atoms with Gasteiger partial charge in [-0.15, -0.1) is 0 Å². The molecule has 0 N–H and O–H groups in total. The molecular weight excluding hydrogens is 352 g/mol. The van der Waals surface area contributed by atoms with Gasteiger partial charge in [0, 0.05) is 5.57 Å². The van der Waals surface area contributed by atoms with E-state index in [1.54, 1.807) is 6.92 Å². The van der Waals surface area contributed by atoms with Gasteiger partial charge in [0.15, 0.2) is 0 Å². The first-order valence-electron chi connectivity index (χ1n) is 11.4. The van der Waals surface area contributed by atoms with E-state index >= 15 is 0 Å². The highest BCUT2D eigenvalue weighted by atomic mass is 16.5. The number of hydrogen-bond donors (Lipinski definition) is 0. The van der Waals surface area contributed by atoms with Crippen molar-refractivity contribution in [1.29, 1.82) is 0 Å². The molecule has 2 rings (SSSR count). The number of carbonyl (C=O) groups excluding carboxylic acids is 2. The van der Waals surface area contributed by atoms with Crippen molar-refractivity contribution in [2.75, 3.05) is 13.2 Å². The van der Waals surface area contributed by atoms with Crippen LogP contribution in [-0.4, -0.2) is 25.7 Å². The van der Waals surface area contributed by atoms with Crippen molar-refractivity contribution in [2.24, 2.45) is 23.2 Å². The zero-order valence-corrected chi connectivity index (χ0v) is 18.0. The van der Waals surface area contributed by atoms with Gasteiger partial charge in [-0.1, -0.05) is 39.2 Å². The molecule has 0 heterocycles. The molecule has 160 valence electrons. The average Bonchev–Trinajstić information content (AvgIpc) is 2.70. The van der Waals surface area contributed by atoms with Crippen LogP contribution in [0.5, 0.6) is 0 Å². The van der Waals surface area contributed by atoms with Gasteiger partial charge < -0.3 is 9.47 Å². The molecule has 0 radical (unpaired) electrons. The summed E-state index contributed by atoms with van der Waals surface area (Å²) in [7, 11) is 0. The highest BCUT2D eigenvalue weighted by Crippen LogP contribution is 2.49. The van der Waals surface area contributed by atoms with E-state index in [9.17, 15) is 9.59 Å². The number of ether oxygens (including phenoxy) is 2. The number of rotatable bonds is 11. The standard InChI is InChI=1S/C24H40O4/c1-4-5-20-6-8-21(9-7-20)22-10-12-24(13-11-22,14-16-27-18-25)15-17-28-23(26)19(2)3/h18,20-22H,2,4-17H2,1,3H3. The molecule has 0 amide bonds. The van der Waals surface area contributed by atoms with Gasteiger partial charge in [0.05, 0.1) is 13.2 Å². The predicted octanol–water partition coefficient (Wildman–Crippen LogP) is 5.84. The Morgan fingerprint density at radius 1 is 1.04 bits per heavy atom. The third-order valence-electron chi connectivity index (χ3n) is 7.38. The van der Waals surface area contributed by atoms with E-state index in [-0.39, 0.29) is 11.4 Å². The summed E-state index contributed by atoms with van der Waals surface area (Å²) in [4.78, 5) is 22.2. The van der Waals surface area contributed by atoms with E-state index in [2.05, 4.69) is 13.5 Å². The van der Waals surface area contributed by atoms with Crippen LogP contribution in [0.15, 0.2) is 12.2 Å². The molecule has 0 unspecified atom stereocenters. The van der Waals surface area contributed by atoms with E-state index in [0.717, 1.165) is 43.4 Å². The lowest BCUT2D eigenvalue weighted by Crippen LogP contribution is -2.34. The summed E-state index contributed by atoms with van der Waals surface area (Å²) in [6, 6.07) is 0. The van der Waals surface area contributed by atoms with E-state index in [1.807, 2.05) is 0 Å². The highest BCUT2D eigenvalue weighted by Gasteiger charge is 2.38. The van der Waals surface area contributed by atoms with Crippen LogP contribution in [0.4, 0.5) is 0 Å². The molecule has 2 fully saturated rings.